The summed E-state index contributed by atoms with van der Waals surface area (Å²) in [7, 11) is 2.91. The van der Waals surface area contributed by atoms with E-state index in [1.165, 1.54) is 14.2 Å². The Morgan fingerprint density at radius 3 is 2.53 bits per heavy atom. The van der Waals surface area contributed by atoms with Gasteiger partial charge in [-0.15, -0.1) is 0 Å². The molecule has 1 saturated heterocycles. The summed E-state index contributed by atoms with van der Waals surface area (Å²) in [6.07, 6.45) is -0.536. The van der Waals surface area contributed by atoms with Gasteiger partial charge in [-0.2, -0.15) is 13.2 Å². The van der Waals surface area contributed by atoms with Gasteiger partial charge in [0.25, 0.3) is 5.91 Å². The van der Waals surface area contributed by atoms with Crippen molar-refractivity contribution < 1.29 is 32.2 Å². The fraction of sp³-hybridized carbons (Fsp3) is 0.423. The Morgan fingerprint density at radius 1 is 1.08 bits per heavy atom. The van der Waals surface area contributed by atoms with Crippen molar-refractivity contribution in [3.8, 4) is 17.0 Å². The van der Waals surface area contributed by atoms with E-state index in [4.69, 9.17) is 9.47 Å². The maximum atomic E-state index is 12.9. The van der Waals surface area contributed by atoms with Crippen molar-refractivity contribution >= 4 is 23.1 Å². The summed E-state index contributed by atoms with van der Waals surface area (Å²) in [6.45, 7) is 1.39. The monoisotopic (exact) mass is 531 g/mol. The Labute approximate surface area is 217 Å². The lowest BCUT2D eigenvalue weighted by Gasteiger charge is -2.36. The van der Waals surface area contributed by atoms with Crippen molar-refractivity contribution in [2.45, 2.75) is 12.6 Å². The number of aromatic nitrogens is 2. The number of hydrogen-bond acceptors (Lipinski definition) is 6. The van der Waals surface area contributed by atoms with E-state index >= 15 is 0 Å². The third-order valence-electron chi connectivity index (χ3n) is 6.98. The van der Waals surface area contributed by atoms with Crippen LogP contribution in [0.15, 0.2) is 36.7 Å². The summed E-state index contributed by atoms with van der Waals surface area (Å²) < 4.78 is 51.1. The number of hydrogen-bond donors (Lipinski definition) is 0. The van der Waals surface area contributed by atoms with Crippen molar-refractivity contribution in [1.29, 1.82) is 0 Å². The van der Waals surface area contributed by atoms with Gasteiger partial charge in [-0.25, -0.2) is 4.98 Å². The van der Waals surface area contributed by atoms with Crippen LogP contribution >= 0.6 is 0 Å². The first-order chi connectivity index (χ1) is 18.2. The van der Waals surface area contributed by atoms with Crippen LogP contribution in [-0.4, -0.2) is 97.3 Å². The van der Waals surface area contributed by atoms with Crippen molar-refractivity contribution in [3.63, 3.8) is 0 Å². The molecule has 0 radical (unpaired) electrons. The highest BCUT2D eigenvalue weighted by Crippen LogP contribution is 2.35. The molecule has 0 bridgehead atoms. The van der Waals surface area contributed by atoms with Crippen molar-refractivity contribution in [2.24, 2.45) is 0 Å². The molecule has 0 spiro atoms. The van der Waals surface area contributed by atoms with Crippen LogP contribution in [0.4, 0.5) is 18.9 Å². The number of anilines is 1. The molecular weight excluding hydrogens is 503 g/mol. The van der Waals surface area contributed by atoms with E-state index in [-0.39, 0.29) is 30.4 Å². The molecule has 0 N–H and O–H groups in total. The van der Waals surface area contributed by atoms with Crippen LogP contribution in [0, 0.1) is 0 Å². The van der Waals surface area contributed by atoms with Crippen LogP contribution in [0.25, 0.3) is 16.9 Å². The predicted molar refractivity (Wildman–Crippen MR) is 134 cm³/mol. The summed E-state index contributed by atoms with van der Waals surface area (Å²) >= 11 is 0. The maximum Gasteiger partial charge on any atom is 0.406 e. The summed E-state index contributed by atoms with van der Waals surface area (Å²) in [6, 6.07) is 7.46. The number of piperazine rings is 1. The van der Waals surface area contributed by atoms with Crippen LogP contribution in [0.1, 0.15) is 15.9 Å². The first-order valence-corrected chi connectivity index (χ1v) is 12.2. The van der Waals surface area contributed by atoms with E-state index in [1.54, 1.807) is 17.2 Å². The number of amides is 2. The van der Waals surface area contributed by atoms with Gasteiger partial charge in [-0.05, 0) is 30.2 Å². The lowest BCUT2D eigenvalue weighted by Crippen LogP contribution is -2.49. The molecule has 12 heteroatoms. The standard InChI is InChI=1S/C26H28F3N5O4/c1-37-15-23(35)32-9-7-31(8-10-32)19-4-6-34-20(14-30-22(34)13-19)18-11-17-3-5-33(16-26(27,28)29)25(36)24(17)21(12-18)38-2/h4,6,11-14H,3,5,7-10,15-16H2,1-2H3. The molecule has 2 aromatic heterocycles. The number of ether oxygens (including phenoxy) is 2. The lowest BCUT2D eigenvalue weighted by molar-refractivity contribution is -0.141. The molecule has 0 atom stereocenters. The van der Waals surface area contributed by atoms with E-state index in [0.29, 0.717) is 38.2 Å². The average Bonchev–Trinajstić information content (AvgIpc) is 3.32. The van der Waals surface area contributed by atoms with Gasteiger partial charge in [-0.1, -0.05) is 0 Å². The Kier molecular flexibility index (Phi) is 6.91. The SMILES string of the molecule is COCC(=O)N1CCN(c2ccn3c(-c4cc5c(c(OC)c4)C(=O)N(CC(F)(F)F)CC5)cnc3c2)CC1. The van der Waals surface area contributed by atoms with Gasteiger partial charge < -0.3 is 24.2 Å². The number of carbonyl (C=O) groups excluding carboxylic acids is 2. The van der Waals surface area contributed by atoms with Gasteiger partial charge in [0.15, 0.2) is 0 Å². The summed E-state index contributed by atoms with van der Waals surface area (Å²) in [5, 5.41) is 0. The number of methoxy groups -OCH3 is 2. The molecule has 2 aliphatic heterocycles. The van der Waals surface area contributed by atoms with Gasteiger partial charge in [0, 0.05) is 63.3 Å². The second-order valence-corrected chi connectivity index (χ2v) is 9.36. The van der Waals surface area contributed by atoms with Crippen LogP contribution in [-0.2, 0) is 16.0 Å². The smallest absolute Gasteiger partial charge is 0.406 e. The fourth-order valence-corrected chi connectivity index (χ4v) is 5.11. The quantitative estimate of drug-likeness (QED) is 0.487. The number of carbonyl (C=O) groups is 2. The highest BCUT2D eigenvalue weighted by Gasteiger charge is 2.37. The van der Waals surface area contributed by atoms with Gasteiger partial charge in [0.1, 0.15) is 24.5 Å². The van der Waals surface area contributed by atoms with Gasteiger partial charge in [0.05, 0.1) is 24.6 Å². The zero-order chi connectivity index (χ0) is 27.0. The third-order valence-corrected chi connectivity index (χ3v) is 6.98. The minimum Gasteiger partial charge on any atom is -0.496 e. The van der Waals surface area contributed by atoms with Crippen LogP contribution in [0.2, 0.25) is 0 Å². The molecular formula is C26H28F3N5O4. The first-order valence-electron chi connectivity index (χ1n) is 12.2. The molecule has 3 aromatic rings. The van der Waals surface area contributed by atoms with Crippen molar-refractivity contribution in [3.05, 3.63) is 47.8 Å². The zero-order valence-electron chi connectivity index (χ0n) is 21.1. The third kappa shape index (κ3) is 5.00. The molecule has 2 aliphatic rings. The normalized spacial score (nSPS) is 16.2. The average molecular weight is 532 g/mol. The molecule has 0 aliphatic carbocycles. The van der Waals surface area contributed by atoms with Crippen LogP contribution in [0.3, 0.4) is 0 Å². The number of halogens is 3. The minimum absolute atomic E-state index is 0.0151. The largest absolute Gasteiger partial charge is 0.496 e. The number of fused-ring (bicyclic) bond motifs is 2. The molecule has 9 nitrogen and oxygen atoms in total. The van der Waals surface area contributed by atoms with E-state index in [1.807, 2.05) is 28.8 Å². The van der Waals surface area contributed by atoms with Gasteiger partial charge in [0.2, 0.25) is 5.91 Å². The summed E-state index contributed by atoms with van der Waals surface area (Å²) in [5.41, 5.74) is 4.06. The van der Waals surface area contributed by atoms with Crippen molar-refractivity contribution in [2.75, 3.05) is 65.0 Å². The number of benzene rings is 1. The van der Waals surface area contributed by atoms with Crippen LogP contribution in [0.5, 0.6) is 5.75 Å². The Balaban J connectivity index is 1.39. The van der Waals surface area contributed by atoms with E-state index < -0.39 is 18.6 Å². The molecule has 4 heterocycles. The van der Waals surface area contributed by atoms with Crippen molar-refractivity contribution in [1.82, 2.24) is 19.2 Å². The zero-order valence-corrected chi connectivity index (χ0v) is 21.1. The molecule has 0 saturated carbocycles. The van der Waals surface area contributed by atoms with E-state index in [0.717, 1.165) is 27.5 Å². The van der Waals surface area contributed by atoms with Gasteiger partial charge in [-0.3, -0.25) is 14.0 Å². The molecule has 0 unspecified atom stereocenters. The predicted octanol–water partition coefficient (Wildman–Crippen LogP) is 2.87. The molecule has 2 amide bonds. The number of nitrogens with zero attached hydrogens (tertiary/aromatic N) is 5. The van der Waals surface area contributed by atoms with E-state index in [2.05, 4.69) is 9.88 Å². The van der Waals surface area contributed by atoms with Gasteiger partial charge >= 0.3 is 6.18 Å². The number of pyridine rings is 1. The fourth-order valence-electron chi connectivity index (χ4n) is 5.11. The molecule has 202 valence electrons. The molecule has 1 aromatic carbocycles. The molecule has 1 fully saturated rings. The Bertz CT molecular complexity index is 1350. The van der Waals surface area contributed by atoms with Crippen LogP contribution < -0.4 is 9.64 Å². The second-order valence-electron chi connectivity index (χ2n) is 9.36. The second kappa shape index (κ2) is 10.2. The topological polar surface area (TPSA) is 79.6 Å². The Hall–Kier alpha value is -3.80. The summed E-state index contributed by atoms with van der Waals surface area (Å²) in [4.78, 5) is 34.3. The number of imidazole rings is 1. The highest BCUT2D eigenvalue weighted by molar-refractivity contribution is 6.00. The summed E-state index contributed by atoms with van der Waals surface area (Å²) in [5.74, 6) is -0.462. The first kappa shape index (κ1) is 25.8. The highest BCUT2D eigenvalue weighted by atomic mass is 19.4. The Morgan fingerprint density at radius 2 is 1.84 bits per heavy atom. The molecule has 38 heavy (non-hydrogen) atoms. The number of rotatable bonds is 6. The van der Waals surface area contributed by atoms with E-state index in [9.17, 15) is 22.8 Å². The lowest BCUT2D eigenvalue weighted by atomic mass is 9.94. The molecule has 5 rings (SSSR count). The number of alkyl halides is 3. The maximum absolute atomic E-state index is 12.9. The minimum atomic E-state index is -4.47.